The molecular weight excluding hydrogens is 340 g/mol. The van der Waals surface area contributed by atoms with E-state index in [1.807, 2.05) is 74.5 Å². The van der Waals surface area contributed by atoms with E-state index in [1.54, 1.807) is 9.58 Å². The number of carbonyl (C=O) groups is 1. The van der Waals surface area contributed by atoms with Gasteiger partial charge in [-0.2, -0.15) is 0 Å². The van der Waals surface area contributed by atoms with Gasteiger partial charge in [0.25, 0.3) is 5.91 Å². The molecule has 1 amide bonds. The SMILES string of the molecule is C[C@@H]1CN(C(=O)c2nc(-c3ccccc3)n(-c3ccccc3)n2)C[C@H](C)O1. The minimum Gasteiger partial charge on any atom is -0.372 e. The number of morpholine rings is 1. The highest BCUT2D eigenvalue weighted by atomic mass is 16.5. The molecule has 0 unspecified atom stereocenters. The van der Waals surface area contributed by atoms with Crippen LogP contribution >= 0.6 is 0 Å². The number of carbonyl (C=O) groups excluding carboxylic acids is 1. The van der Waals surface area contributed by atoms with Crippen LogP contribution in [0.5, 0.6) is 0 Å². The largest absolute Gasteiger partial charge is 0.372 e. The van der Waals surface area contributed by atoms with Gasteiger partial charge >= 0.3 is 0 Å². The summed E-state index contributed by atoms with van der Waals surface area (Å²) in [5, 5.41) is 4.56. The van der Waals surface area contributed by atoms with Crippen molar-refractivity contribution in [3.63, 3.8) is 0 Å². The van der Waals surface area contributed by atoms with E-state index in [4.69, 9.17) is 4.74 Å². The van der Waals surface area contributed by atoms with Gasteiger partial charge in [0.2, 0.25) is 5.82 Å². The molecule has 0 spiro atoms. The molecule has 4 rings (SSSR count). The Morgan fingerprint density at radius 3 is 2.19 bits per heavy atom. The van der Waals surface area contributed by atoms with Gasteiger partial charge in [-0.3, -0.25) is 4.79 Å². The summed E-state index contributed by atoms with van der Waals surface area (Å²) in [6.07, 6.45) is 0.00463. The monoisotopic (exact) mass is 362 g/mol. The van der Waals surface area contributed by atoms with E-state index in [2.05, 4.69) is 10.1 Å². The minimum absolute atomic E-state index is 0.00232. The van der Waals surface area contributed by atoms with Gasteiger partial charge in [0, 0.05) is 18.7 Å². The molecule has 2 aromatic carbocycles. The van der Waals surface area contributed by atoms with Crippen LogP contribution in [0.25, 0.3) is 17.1 Å². The lowest BCUT2D eigenvalue weighted by molar-refractivity contribution is -0.0588. The summed E-state index contributed by atoms with van der Waals surface area (Å²) in [6, 6.07) is 19.5. The highest BCUT2D eigenvalue weighted by Crippen LogP contribution is 2.22. The number of nitrogens with zero attached hydrogens (tertiary/aromatic N) is 4. The zero-order valence-electron chi connectivity index (χ0n) is 15.4. The second-order valence-corrected chi connectivity index (χ2v) is 6.84. The minimum atomic E-state index is -0.163. The molecular formula is C21H22N4O2. The van der Waals surface area contributed by atoms with Crippen LogP contribution in [-0.4, -0.2) is 50.9 Å². The molecule has 2 heterocycles. The van der Waals surface area contributed by atoms with Gasteiger partial charge in [-0.05, 0) is 26.0 Å². The maximum absolute atomic E-state index is 13.1. The molecule has 0 aliphatic carbocycles. The van der Waals surface area contributed by atoms with Crippen LogP contribution in [0.2, 0.25) is 0 Å². The van der Waals surface area contributed by atoms with Gasteiger partial charge in [-0.25, -0.2) is 9.67 Å². The van der Waals surface area contributed by atoms with Crippen molar-refractivity contribution >= 4 is 5.91 Å². The number of aromatic nitrogens is 3. The van der Waals surface area contributed by atoms with E-state index in [1.165, 1.54) is 0 Å². The van der Waals surface area contributed by atoms with E-state index < -0.39 is 0 Å². The Bertz CT molecular complexity index is 857. The Kier molecular flexibility index (Phi) is 4.73. The third-order valence-electron chi connectivity index (χ3n) is 4.54. The Morgan fingerprint density at radius 2 is 1.56 bits per heavy atom. The average Bonchev–Trinajstić information content (AvgIpc) is 3.13. The van der Waals surface area contributed by atoms with Gasteiger partial charge in [-0.15, -0.1) is 5.10 Å². The molecule has 6 heteroatoms. The van der Waals surface area contributed by atoms with E-state index in [0.29, 0.717) is 18.9 Å². The lowest BCUT2D eigenvalue weighted by Gasteiger charge is -2.34. The number of rotatable bonds is 3. The molecule has 2 atom stereocenters. The van der Waals surface area contributed by atoms with Crippen LogP contribution in [0.3, 0.4) is 0 Å². The van der Waals surface area contributed by atoms with E-state index in [9.17, 15) is 4.79 Å². The molecule has 138 valence electrons. The lowest BCUT2D eigenvalue weighted by atomic mass is 10.2. The number of benzene rings is 2. The van der Waals surface area contributed by atoms with Crippen LogP contribution in [0.15, 0.2) is 60.7 Å². The standard InChI is InChI=1S/C21H22N4O2/c1-15-13-24(14-16(2)27-15)21(26)19-22-20(17-9-5-3-6-10-17)25(23-19)18-11-7-4-8-12-18/h3-12,15-16H,13-14H2,1-2H3/t15-,16+. The predicted molar refractivity (Wildman–Crippen MR) is 103 cm³/mol. The van der Waals surface area contributed by atoms with Crippen LogP contribution < -0.4 is 0 Å². The molecule has 27 heavy (non-hydrogen) atoms. The number of hydrogen-bond donors (Lipinski definition) is 0. The highest BCUT2D eigenvalue weighted by Gasteiger charge is 2.29. The molecule has 3 aromatic rings. The normalized spacial score (nSPS) is 19.9. The van der Waals surface area contributed by atoms with Crippen molar-refractivity contribution in [3.8, 4) is 17.1 Å². The van der Waals surface area contributed by atoms with E-state index >= 15 is 0 Å². The number of ether oxygens (including phenoxy) is 1. The van der Waals surface area contributed by atoms with Gasteiger partial charge in [0.15, 0.2) is 5.82 Å². The molecule has 0 bridgehead atoms. The number of para-hydroxylation sites is 1. The first-order chi connectivity index (χ1) is 13.1. The third-order valence-corrected chi connectivity index (χ3v) is 4.54. The molecule has 1 aromatic heterocycles. The van der Waals surface area contributed by atoms with Crippen LogP contribution in [0.4, 0.5) is 0 Å². The molecule has 0 radical (unpaired) electrons. The predicted octanol–water partition coefficient (Wildman–Crippen LogP) is 3.18. The Labute approximate surface area is 158 Å². The van der Waals surface area contributed by atoms with Gasteiger partial charge < -0.3 is 9.64 Å². The van der Waals surface area contributed by atoms with Gasteiger partial charge in [0.1, 0.15) is 0 Å². The van der Waals surface area contributed by atoms with Gasteiger partial charge in [-0.1, -0.05) is 48.5 Å². The van der Waals surface area contributed by atoms with Crippen LogP contribution in [0.1, 0.15) is 24.5 Å². The first-order valence-corrected chi connectivity index (χ1v) is 9.14. The van der Waals surface area contributed by atoms with Crippen molar-refractivity contribution in [1.82, 2.24) is 19.7 Å². The van der Waals surface area contributed by atoms with Crippen molar-refractivity contribution in [2.45, 2.75) is 26.1 Å². The molecule has 6 nitrogen and oxygen atoms in total. The molecule has 1 saturated heterocycles. The van der Waals surface area contributed by atoms with Crippen molar-refractivity contribution in [1.29, 1.82) is 0 Å². The fourth-order valence-corrected chi connectivity index (χ4v) is 3.41. The maximum Gasteiger partial charge on any atom is 0.293 e. The number of amides is 1. The maximum atomic E-state index is 13.1. The van der Waals surface area contributed by atoms with Crippen molar-refractivity contribution in [2.75, 3.05) is 13.1 Å². The molecule has 1 fully saturated rings. The molecule has 0 N–H and O–H groups in total. The topological polar surface area (TPSA) is 60.2 Å². The number of hydrogen-bond acceptors (Lipinski definition) is 4. The summed E-state index contributed by atoms with van der Waals surface area (Å²) < 4.78 is 7.46. The first-order valence-electron chi connectivity index (χ1n) is 9.14. The summed E-state index contributed by atoms with van der Waals surface area (Å²) in [4.78, 5) is 19.4. The van der Waals surface area contributed by atoms with E-state index in [-0.39, 0.29) is 23.9 Å². The smallest absolute Gasteiger partial charge is 0.293 e. The van der Waals surface area contributed by atoms with Gasteiger partial charge in [0.05, 0.1) is 17.9 Å². The third kappa shape index (κ3) is 3.61. The van der Waals surface area contributed by atoms with E-state index in [0.717, 1.165) is 11.3 Å². The van der Waals surface area contributed by atoms with Crippen molar-refractivity contribution in [3.05, 3.63) is 66.5 Å². The van der Waals surface area contributed by atoms with Crippen LogP contribution in [-0.2, 0) is 4.74 Å². The first kappa shape index (κ1) is 17.4. The fourth-order valence-electron chi connectivity index (χ4n) is 3.41. The second kappa shape index (κ2) is 7.32. The Morgan fingerprint density at radius 1 is 0.963 bits per heavy atom. The second-order valence-electron chi connectivity index (χ2n) is 6.84. The van der Waals surface area contributed by atoms with Crippen molar-refractivity contribution in [2.24, 2.45) is 0 Å². The molecule has 1 aliphatic heterocycles. The van der Waals surface area contributed by atoms with Crippen LogP contribution in [0, 0.1) is 0 Å². The zero-order chi connectivity index (χ0) is 18.8. The fraction of sp³-hybridized carbons (Fsp3) is 0.286. The Balaban J connectivity index is 1.74. The average molecular weight is 362 g/mol. The summed E-state index contributed by atoms with van der Waals surface area (Å²) in [5.41, 5.74) is 1.78. The lowest BCUT2D eigenvalue weighted by Crippen LogP contribution is -2.48. The molecule has 1 aliphatic rings. The summed E-state index contributed by atoms with van der Waals surface area (Å²) in [6.45, 7) is 5.04. The Hall–Kier alpha value is -2.99. The quantitative estimate of drug-likeness (QED) is 0.718. The summed E-state index contributed by atoms with van der Waals surface area (Å²) >= 11 is 0. The molecule has 0 saturated carbocycles. The summed E-state index contributed by atoms with van der Waals surface area (Å²) in [7, 11) is 0. The summed E-state index contributed by atoms with van der Waals surface area (Å²) in [5.74, 6) is 0.697. The highest BCUT2D eigenvalue weighted by molar-refractivity contribution is 5.91. The van der Waals surface area contributed by atoms with Crippen molar-refractivity contribution < 1.29 is 9.53 Å². The zero-order valence-corrected chi connectivity index (χ0v) is 15.4.